The minimum absolute atomic E-state index is 0.0246. The molecule has 14 heteroatoms. The molecule has 1 fully saturated rings. The van der Waals surface area contributed by atoms with E-state index in [0.29, 0.717) is 62.2 Å². The van der Waals surface area contributed by atoms with Crippen LogP contribution in [0.4, 0.5) is 5.82 Å². The Balaban J connectivity index is 1.15. The van der Waals surface area contributed by atoms with E-state index in [1.807, 2.05) is 30.3 Å². The summed E-state index contributed by atoms with van der Waals surface area (Å²) in [5, 5.41) is 22.0. The van der Waals surface area contributed by atoms with Gasteiger partial charge in [-0.25, -0.2) is 10.1 Å². The van der Waals surface area contributed by atoms with Gasteiger partial charge in [-0.3, -0.25) is 9.69 Å². The van der Waals surface area contributed by atoms with Crippen molar-refractivity contribution in [3.8, 4) is 17.3 Å². The molecule has 1 amide bonds. The molecule has 1 aliphatic rings. The quantitative estimate of drug-likeness (QED) is 0.183. The number of carbonyl (C=O) groups excluding carboxylic acids is 1. The third-order valence-electron chi connectivity index (χ3n) is 6.98. The lowest BCUT2D eigenvalue weighted by molar-refractivity contribution is 0.0332. The maximum Gasteiger partial charge on any atom is 0.293 e. The fraction of sp³-hybridized carbons (Fsp3) is 0.241. The van der Waals surface area contributed by atoms with E-state index in [0.717, 1.165) is 16.3 Å². The summed E-state index contributed by atoms with van der Waals surface area (Å²) in [6.07, 6.45) is 1.50. The van der Waals surface area contributed by atoms with Gasteiger partial charge in [0, 0.05) is 19.6 Å². The van der Waals surface area contributed by atoms with Gasteiger partial charge in [-0.15, -0.1) is 5.10 Å². The number of anilines is 1. The molecule has 3 aromatic carbocycles. The number of carbonyl (C=O) groups is 1. The second-order valence-corrected chi connectivity index (χ2v) is 9.69. The Morgan fingerprint density at radius 1 is 1.09 bits per heavy atom. The third kappa shape index (κ3) is 6.14. The average molecular weight is 584 g/mol. The highest BCUT2D eigenvalue weighted by molar-refractivity contribution is 5.94. The number of aromatic nitrogens is 5. The Kier molecular flexibility index (Phi) is 8.19. The van der Waals surface area contributed by atoms with Crippen LogP contribution in [0, 0.1) is 0 Å². The maximum atomic E-state index is 13.1. The van der Waals surface area contributed by atoms with Crippen LogP contribution in [0.25, 0.3) is 16.6 Å². The number of nitrogens with zero attached hydrogens (tertiary/aromatic N) is 7. The molecule has 0 unspecified atom stereocenters. The molecule has 3 heterocycles. The number of hydrogen-bond donors (Lipinski definition) is 2. The minimum atomic E-state index is -0.553. The number of nitrogens with one attached hydrogen (secondary N) is 1. The minimum Gasteiger partial charge on any atom is -0.493 e. The molecule has 0 saturated carbocycles. The van der Waals surface area contributed by atoms with Crippen LogP contribution >= 0.6 is 0 Å². The summed E-state index contributed by atoms with van der Waals surface area (Å²) >= 11 is 0. The molecule has 0 spiro atoms. The van der Waals surface area contributed by atoms with E-state index >= 15 is 0 Å². The smallest absolute Gasteiger partial charge is 0.293 e. The monoisotopic (exact) mass is 583 g/mol. The first-order valence-corrected chi connectivity index (χ1v) is 13.5. The first-order chi connectivity index (χ1) is 21.1. The number of hydrazone groups is 1. The zero-order valence-corrected chi connectivity index (χ0v) is 23.3. The number of hydrogen-bond acceptors (Lipinski definition) is 12. The second-order valence-electron chi connectivity index (χ2n) is 9.69. The van der Waals surface area contributed by atoms with Crippen LogP contribution in [-0.2, 0) is 17.9 Å². The fourth-order valence-electron chi connectivity index (χ4n) is 4.77. The molecule has 43 heavy (non-hydrogen) atoms. The van der Waals surface area contributed by atoms with Crippen LogP contribution in [0.2, 0.25) is 0 Å². The number of methoxy groups -OCH3 is 1. The van der Waals surface area contributed by atoms with Gasteiger partial charge >= 0.3 is 0 Å². The molecule has 0 radical (unpaired) electrons. The molecule has 0 atom stereocenters. The molecular formula is C29H29N9O5. The van der Waals surface area contributed by atoms with Gasteiger partial charge < -0.3 is 19.9 Å². The van der Waals surface area contributed by atoms with Crippen molar-refractivity contribution < 1.29 is 23.6 Å². The summed E-state index contributed by atoms with van der Waals surface area (Å²) in [4.78, 5) is 15.2. The molecule has 1 saturated heterocycles. The summed E-state index contributed by atoms with van der Waals surface area (Å²) in [6, 6.07) is 19.7. The zero-order chi connectivity index (χ0) is 29.6. The normalized spacial score (nSPS) is 13.9. The second kappa shape index (κ2) is 12.7. The highest BCUT2D eigenvalue weighted by Crippen LogP contribution is 2.29. The van der Waals surface area contributed by atoms with Crippen LogP contribution in [0.15, 0.2) is 70.4 Å². The number of nitrogens with two attached hydrogens (primary N) is 1. The summed E-state index contributed by atoms with van der Waals surface area (Å²) in [6.45, 7) is 3.26. The fourth-order valence-corrected chi connectivity index (χ4v) is 4.77. The Labute approximate surface area is 246 Å². The summed E-state index contributed by atoms with van der Waals surface area (Å²) < 4.78 is 23.2. The first-order valence-electron chi connectivity index (χ1n) is 13.5. The molecule has 1 aliphatic heterocycles. The Bertz CT molecular complexity index is 1760. The highest BCUT2D eigenvalue weighted by Gasteiger charge is 2.26. The van der Waals surface area contributed by atoms with E-state index in [1.165, 1.54) is 10.9 Å². The molecule has 2 aromatic heterocycles. The number of morpholine rings is 1. The molecule has 0 bridgehead atoms. The standard InChI is InChI=1S/C29H29N9O5/c1-40-25-15-19(9-10-24(25)42-18-21-7-4-6-20-5-2-3-8-22(20)21)16-31-33-29(39)26-23(17-37-11-13-41-14-12-37)38(36-32-26)28-27(30)34-43-35-28/h2-10,15-16H,11-14,17-18H2,1H3,(H2,30,34)(H,33,39). The van der Waals surface area contributed by atoms with Crippen LogP contribution in [-0.4, -0.2) is 75.7 Å². The molecular weight excluding hydrogens is 554 g/mol. The van der Waals surface area contributed by atoms with Crippen molar-refractivity contribution in [1.29, 1.82) is 0 Å². The lowest BCUT2D eigenvalue weighted by Gasteiger charge is -2.26. The van der Waals surface area contributed by atoms with E-state index in [4.69, 9.17) is 24.6 Å². The van der Waals surface area contributed by atoms with Crippen molar-refractivity contribution in [2.45, 2.75) is 13.2 Å². The topological polar surface area (TPSA) is 168 Å². The summed E-state index contributed by atoms with van der Waals surface area (Å²) in [7, 11) is 1.57. The van der Waals surface area contributed by atoms with Crippen molar-refractivity contribution in [3.05, 3.63) is 83.2 Å². The van der Waals surface area contributed by atoms with Gasteiger partial charge in [-0.2, -0.15) is 9.78 Å². The van der Waals surface area contributed by atoms with Crippen LogP contribution in [0.1, 0.15) is 27.3 Å². The Morgan fingerprint density at radius 2 is 1.93 bits per heavy atom. The van der Waals surface area contributed by atoms with Crippen molar-refractivity contribution in [2.75, 3.05) is 39.1 Å². The van der Waals surface area contributed by atoms with Gasteiger partial charge in [0.25, 0.3) is 5.91 Å². The van der Waals surface area contributed by atoms with E-state index < -0.39 is 5.91 Å². The van der Waals surface area contributed by atoms with E-state index in [2.05, 4.69) is 54.3 Å². The number of benzene rings is 3. The zero-order valence-electron chi connectivity index (χ0n) is 23.3. The van der Waals surface area contributed by atoms with Gasteiger partial charge in [-0.05, 0) is 50.4 Å². The van der Waals surface area contributed by atoms with Gasteiger partial charge in [0.1, 0.15) is 6.61 Å². The predicted octanol–water partition coefficient (Wildman–Crippen LogP) is 2.57. The van der Waals surface area contributed by atoms with E-state index in [1.54, 1.807) is 19.2 Å². The number of rotatable bonds is 10. The number of ether oxygens (including phenoxy) is 3. The molecule has 220 valence electrons. The molecule has 5 aromatic rings. The molecule has 14 nitrogen and oxygen atoms in total. The van der Waals surface area contributed by atoms with E-state index in [-0.39, 0.29) is 17.3 Å². The lowest BCUT2D eigenvalue weighted by atomic mass is 10.1. The number of amides is 1. The van der Waals surface area contributed by atoms with Crippen molar-refractivity contribution in [3.63, 3.8) is 0 Å². The van der Waals surface area contributed by atoms with Gasteiger partial charge in [-0.1, -0.05) is 47.7 Å². The van der Waals surface area contributed by atoms with Gasteiger partial charge in [0.2, 0.25) is 11.6 Å². The van der Waals surface area contributed by atoms with Crippen LogP contribution in [0.5, 0.6) is 11.5 Å². The van der Waals surface area contributed by atoms with Crippen molar-refractivity contribution in [2.24, 2.45) is 5.10 Å². The SMILES string of the molecule is COc1cc(C=NNC(=O)c2nnn(-c3nonc3N)c2CN2CCOCC2)ccc1OCc1cccc2ccccc12. The Morgan fingerprint density at radius 3 is 2.74 bits per heavy atom. The lowest BCUT2D eigenvalue weighted by Crippen LogP contribution is -2.37. The van der Waals surface area contributed by atoms with Crippen molar-refractivity contribution >= 4 is 28.7 Å². The molecule has 3 N–H and O–H groups in total. The maximum absolute atomic E-state index is 13.1. The molecule has 6 rings (SSSR count). The number of fused-ring (bicyclic) bond motifs is 1. The highest BCUT2D eigenvalue weighted by atomic mass is 16.6. The molecule has 0 aliphatic carbocycles. The Hall–Kier alpha value is -5.34. The largest absolute Gasteiger partial charge is 0.493 e. The van der Waals surface area contributed by atoms with Crippen LogP contribution in [0.3, 0.4) is 0 Å². The average Bonchev–Trinajstić information content (AvgIpc) is 3.66. The van der Waals surface area contributed by atoms with Crippen LogP contribution < -0.4 is 20.6 Å². The number of nitrogen functional groups attached to an aromatic ring is 1. The van der Waals surface area contributed by atoms with Gasteiger partial charge in [0.15, 0.2) is 17.2 Å². The third-order valence-corrected chi connectivity index (χ3v) is 6.98. The first kappa shape index (κ1) is 27.8. The predicted molar refractivity (Wildman–Crippen MR) is 156 cm³/mol. The van der Waals surface area contributed by atoms with E-state index in [9.17, 15) is 4.79 Å². The summed E-state index contributed by atoms with van der Waals surface area (Å²) in [5.74, 6) is 0.736. The van der Waals surface area contributed by atoms with Gasteiger partial charge in [0.05, 0.1) is 32.2 Å². The summed E-state index contributed by atoms with van der Waals surface area (Å²) in [5.41, 5.74) is 10.7. The van der Waals surface area contributed by atoms with Crippen molar-refractivity contribution in [1.82, 2.24) is 35.6 Å².